The summed E-state index contributed by atoms with van der Waals surface area (Å²) in [5.41, 5.74) is -0.0956. The van der Waals surface area contributed by atoms with Gasteiger partial charge in [0.25, 0.3) is 11.8 Å². The van der Waals surface area contributed by atoms with Crippen molar-refractivity contribution in [2.75, 3.05) is 13.2 Å². The first-order chi connectivity index (χ1) is 12.2. The first kappa shape index (κ1) is 19.4. The highest BCUT2D eigenvalue weighted by Gasteiger charge is 2.28. The molecule has 1 N–H and O–H groups in total. The van der Waals surface area contributed by atoms with Crippen molar-refractivity contribution in [3.8, 4) is 5.88 Å². The van der Waals surface area contributed by atoms with Crippen LogP contribution in [0, 0.1) is 0 Å². The lowest BCUT2D eigenvalue weighted by Gasteiger charge is -2.08. The molecule has 2 amide bonds. The van der Waals surface area contributed by atoms with Crippen molar-refractivity contribution in [1.82, 2.24) is 10.3 Å². The van der Waals surface area contributed by atoms with E-state index in [-0.39, 0.29) is 11.4 Å². The van der Waals surface area contributed by atoms with Crippen LogP contribution in [0.15, 0.2) is 35.8 Å². The molecule has 0 saturated heterocycles. The molecule has 0 atom stereocenters. The molecule has 2 rings (SSSR count). The van der Waals surface area contributed by atoms with Crippen molar-refractivity contribution in [2.45, 2.75) is 6.18 Å². The maximum Gasteiger partial charge on any atom is 0.422 e. The first-order valence-electron chi connectivity index (χ1n) is 6.95. The van der Waals surface area contributed by atoms with Gasteiger partial charge < -0.3 is 9.47 Å². The Labute approximate surface area is 148 Å². The quantitative estimate of drug-likeness (QED) is 0.763. The third kappa shape index (κ3) is 6.16. The van der Waals surface area contributed by atoms with Gasteiger partial charge in [-0.05, 0) is 17.5 Å². The Balaban J connectivity index is 1.80. The van der Waals surface area contributed by atoms with Gasteiger partial charge in [0, 0.05) is 12.3 Å². The SMILES string of the molecule is O=C(COC(=O)c1ccc(OCC(F)(F)F)nc1)NC(=O)c1cccs1. The molecule has 0 fully saturated rings. The van der Waals surface area contributed by atoms with Crippen molar-refractivity contribution in [2.24, 2.45) is 0 Å². The van der Waals surface area contributed by atoms with Gasteiger partial charge in [0.1, 0.15) is 0 Å². The molecule has 7 nitrogen and oxygen atoms in total. The number of imide groups is 1. The monoisotopic (exact) mass is 388 g/mol. The summed E-state index contributed by atoms with van der Waals surface area (Å²) < 4.78 is 45.1. The van der Waals surface area contributed by atoms with Gasteiger partial charge in [0.05, 0.1) is 10.4 Å². The number of carbonyl (C=O) groups excluding carboxylic acids is 3. The number of hydrogen-bond donors (Lipinski definition) is 1. The van der Waals surface area contributed by atoms with Crippen LogP contribution >= 0.6 is 11.3 Å². The maximum atomic E-state index is 12.0. The van der Waals surface area contributed by atoms with Crippen LogP contribution in [0.3, 0.4) is 0 Å². The van der Waals surface area contributed by atoms with Crippen LogP contribution in [0.1, 0.15) is 20.0 Å². The summed E-state index contributed by atoms with van der Waals surface area (Å²) in [6.07, 6.45) is -3.56. The summed E-state index contributed by atoms with van der Waals surface area (Å²) in [6.45, 7) is -2.22. The number of ether oxygens (including phenoxy) is 2. The highest BCUT2D eigenvalue weighted by atomic mass is 32.1. The molecule has 0 aliphatic carbocycles. The van der Waals surface area contributed by atoms with Gasteiger partial charge in [-0.3, -0.25) is 14.9 Å². The number of esters is 1. The van der Waals surface area contributed by atoms with Gasteiger partial charge in [-0.25, -0.2) is 9.78 Å². The second-order valence-electron chi connectivity index (χ2n) is 4.72. The molecule has 138 valence electrons. The summed E-state index contributed by atoms with van der Waals surface area (Å²) in [5, 5.41) is 3.70. The number of thiophene rings is 1. The zero-order chi connectivity index (χ0) is 19.2. The molecule has 11 heteroatoms. The normalized spacial score (nSPS) is 10.9. The van der Waals surface area contributed by atoms with Crippen LogP contribution < -0.4 is 10.1 Å². The Morgan fingerprint density at radius 3 is 2.54 bits per heavy atom. The minimum atomic E-state index is -4.51. The number of aromatic nitrogens is 1. The number of amides is 2. The van der Waals surface area contributed by atoms with E-state index in [2.05, 4.69) is 9.72 Å². The molecule has 0 unspecified atom stereocenters. The minimum Gasteiger partial charge on any atom is -0.468 e. The van der Waals surface area contributed by atoms with Gasteiger partial charge in [0.2, 0.25) is 5.88 Å². The van der Waals surface area contributed by atoms with Crippen molar-refractivity contribution < 1.29 is 37.0 Å². The molecule has 0 aromatic carbocycles. The Hall–Kier alpha value is -2.95. The van der Waals surface area contributed by atoms with Crippen molar-refractivity contribution >= 4 is 29.1 Å². The van der Waals surface area contributed by atoms with Gasteiger partial charge >= 0.3 is 12.1 Å². The fraction of sp³-hybridized carbons (Fsp3) is 0.200. The molecular formula is C15H11F3N2O5S. The Bertz CT molecular complexity index is 776. The Morgan fingerprint density at radius 2 is 1.96 bits per heavy atom. The number of carbonyl (C=O) groups is 3. The lowest BCUT2D eigenvalue weighted by atomic mass is 10.3. The molecule has 0 aliphatic heterocycles. The van der Waals surface area contributed by atoms with E-state index in [1.807, 2.05) is 5.32 Å². The lowest BCUT2D eigenvalue weighted by molar-refractivity contribution is -0.154. The number of alkyl halides is 3. The molecule has 0 aliphatic rings. The van der Waals surface area contributed by atoms with Crippen LogP contribution in [-0.2, 0) is 9.53 Å². The zero-order valence-corrected chi connectivity index (χ0v) is 13.7. The average Bonchev–Trinajstić information content (AvgIpc) is 3.12. The first-order valence-corrected chi connectivity index (χ1v) is 7.83. The molecule has 0 bridgehead atoms. The van der Waals surface area contributed by atoms with E-state index >= 15 is 0 Å². The summed E-state index contributed by atoms with van der Waals surface area (Å²) >= 11 is 1.14. The van der Waals surface area contributed by atoms with E-state index < -0.39 is 37.2 Å². The fourth-order valence-electron chi connectivity index (χ4n) is 1.59. The van der Waals surface area contributed by atoms with E-state index in [9.17, 15) is 27.6 Å². The van der Waals surface area contributed by atoms with E-state index in [0.29, 0.717) is 4.88 Å². The number of rotatable bonds is 6. The van der Waals surface area contributed by atoms with Crippen LogP contribution in [0.5, 0.6) is 5.88 Å². The Morgan fingerprint density at radius 1 is 1.19 bits per heavy atom. The molecule has 0 spiro atoms. The van der Waals surface area contributed by atoms with Crippen LogP contribution in [0.2, 0.25) is 0 Å². The Kier molecular flexibility index (Phi) is 6.28. The van der Waals surface area contributed by atoms with Crippen molar-refractivity contribution in [3.05, 3.63) is 46.3 Å². The highest BCUT2D eigenvalue weighted by Crippen LogP contribution is 2.17. The molecule has 2 aromatic rings. The summed E-state index contributed by atoms with van der Waals surface area (Å²) in [6, 6.07) is 5.35. The number of nitrogens with one attached hydrogen (secondary N) is 1. The third-order valence-electron chi connectivity index (χ3n) is 2.69. The highest BCUT2D eigenvalue weighted by molar-refractivity contribution is 7.12. The average molecular weight is 388 g/mol. The minimum absolute atomic E-state index is 0.0956. The third-order valence-corrected chi connectivity index (χ3v) is 3.56. The molecule has 26 heavy (non-hydrogen) atoms. The molecule has 2 heterocycles. The smallest absolute Gasteiger partial charge is 0.422 e. The standard InChI is InChI=1S/C15H11F3N2O5S/c16-15(17,18)8-25-12-4-3-9(6-19-12)14(23)24-7-11(21)20-13(22)10-2-1-5-26-10/h1-6H,7-8H2,(H,20,21,22). The maximum absolute atomic E-state index is 12.0. The van der Waals surface area contributed by atoms with Crippen molar-refractivity contribution in [3.63, 3.8) is 0 Å². The predicted octanol–water partition coefficient (Wildman–Crippen LogP) is 2.20. The second kappa shape index (κ2) is 8.43. The summed E-state index contributed by atoms with van der Waals surface area (Å²) in [5.74, 6) is -2.69. The van der Waals surface area contributed by atoms with Crippen LogP contribution in [0.25, 0.3) is 0 Å². The summed E-state index contributed by atoms with van der Waals surface area (Å²) in [7, 11) is 0. The second-order valence-corrected chi connectivity index (χ2v) is 5.67. The van der Waals surface area contributed by atoms with E-state index in [1.165, 1.54) is 6.07 Å². The number of pyridine rings is 1. The van der Waals surface area contributed by atoms with Gasteiger partial charge in [-0.15, -0.1) is 11.3 Å². The number of halogens is 3. The molecule has 0 saturated carbocycles. The van der Waals surface area contributed by atoms with Gasteiger partial charge in [0.15, 0.2) is 13.2 Å². The topological polar surface area (TPSA) is 94.6 Å². The fourth-order valence-corrected chi connectivity index (χ4v) is 2.21. The van der Waals surface area contributed by atoms with Crippen molar-refractivity contribution in [1.29, 1.82) is 0 Å². The van der Waals surface area contributed by atoms with E-state index in [4.69, 9.17) is 4.74 Å². The molecule has 2 aromatic heterocycles. The number of hydrogen-bond acceptors (Lipinski definition) is 7. The zero-order valence-electron chi connectivity index (χ0n) is 12.9. The predicted molar refractivity (Wildman–Crippen MR) is 82.9 cm³/mol. The van der Waals surface area contributed by atoms with Gasteiger partial charge in [-0.2, -0.15) is 13.2 Å². The lowest BCUT2D eigenvalue weighted by Crippen LogP contribution is -2.33. The van der Waals surface area contributed by atoms with Gasteiger partial charge in [-0.1, -0.05) is 6.07 Å². The van der Waals surface area contributed by atoms with Crippen LogP contribution in [0.4, 0.5) is 13.2 Å². The van der Waals surface area contributed by atoms with E-state index in [1.54, 1.807) is 11.4 Å². The number of nitrogens with zero attached hydrogens (tertiary/aromatic N) is 1. The van der Waals surface area contributed by atoms with E-state index in [0.717, 1.165) is 29.7 Å². The largest absolute Gasteiger partial charge is 0.468 e. The molecular weight excluding hydrogens is 377 g/mol. The van der Waals surface area contributed by atoms with Crippen LogP contribution in [-0.4, -0.2) is 42.2 Å². The summed E-state index contributed by atoms with van der Waals surface area (Å²) in [4.78, 5) is 38.8. The molecule has 0 radical (unpaired) electrons.